The summed E-state index contributed by atoms with van der Waals surface area (Å²) < 4.78 is 1.73. The molecule has 0 fully saturated rings. The molecular formula is C14H14N2O3. The average Bonchev–Trinajstić information content (AvgIpc) is 2.63. The molecule has 0 atom stereocenters. The van der Waals surface area contributed by atoms with E-state index in [4.69, 9.17) is 5.11 Å². The van der Waals surface area contributed by atoms with Gasteiger partial charge in [0.1, 0.15) is 5.82 Å². The lowest BCUT2D eigenvalue weighted by Crippen LogP contribution is -2.24. The van der Waals surface area contributed by atoms with E-state index in [1.54, 1.807) is 10.6 Å². The van der Waals surface area contributed by atoms with Crippen molar-refractivity contribution < 1.29 is 9.90 Å². The third-order valence-electron chi connectivity index (χ3n) is 3.56. The van der Waals surface area contributed by atoms with Gasteiger partial charge in [0.25, 0.3) is 5.56 Å². The van der Waals surface area contributed by atoms with Crippen LogP contribution in [0, 0.1) is 0 Å². The first kappa shape index (κ1) is 11.9. The van der Waals surface area contributed by atoms with Crippen molar-refractivity contribution in [3.8, 4) is 0 Å². The number of aromatic carboxylic acids is 1. The van der Waals surface area contributed by atoms with Crippen molar-refractivity contribution in [2.75, 3.05) is 0 Å². The average molecular weight is 258 g/mol. The van der Waals surface area contributed by atoms with Crippen LogP contribution in [0.5, 0.6) is 0 Å². The summed E-state index contributed by atoms with van der Waals surface area (Å²) in [5.41, 5.74) is 0.592. The van der Waals surface area contributed by atoms with Crippen LogP contribution in [-0.4, -0.2) is 20.6 Å². The fraction of sp³-hybridized carbons (Fsp3) is 0.357. The fourth-order valence-corrected chi connectivity index (χ4v) is 2.55. The summed E-state index contributed by atoms with van der Waals surface area (Å²) in [5.74, 6) is -0.226. The molecule has 2 heterocycles. The maximum Gasteiger partial charge on any atom is 0.335 e. The monoisotopic (exact) mass is 258 g/mol. The van der Waals surface area contributed by atoms with Crippen LogP contribution in [0.2, 0.25) is 0 Å². The van der Waals surface area contributed by atoms with Gasteiger partial charge in [0.05, 0.1) is 16.5 Å². The van der Waals surface area contributed by atoms with Crippen molar-refractivity contribution in [3.05, 3.63) is 39.9 Å². The number of rotatable bonds is 1. The van der Waals surface area contributed by atoms with Crippen molar-refractivity contribution in [1.82, 2.24) is 9.55 Å². The normalized spacial score (nSPS) is 14.9. The molecule has 5 heteroatoms. The third-order valence-corrected chi connectivity index (χ3v) is 3.56. The number of fused-ring (bicyclic) bond motifs is 2. The number of aryl methyl sites for hydroxylation is 1. The van der Waals surface area contributed by atoms with E-state index in [-0.39, 0.29) is 11.1 Å². The molecular weight excluding hydrogens is 244 g/mol. The van der Waals surface area contributed by atoms with Gasteiger partial charge in [0, 0.05) is 13.0 Å². The highest BCUT2D eigenvalue weighted by Gasteiger charge is 2.14. The lowest BCUT2D eigenvalue weighted by molar-refractivity contribution is 0.0697. The molecule has 0 spiro atoms. The van der Waals surface area contributed by atoms with Crippen molar-refractivity contribution >= 4 is 16.9 Å². The second-order valence-corrected chi connectivity index (χ2v) is 4.83. The van der Waals surface area contributed by atoms with E-state index in [0.717, 1.165) is 31.5 Å². The highest BCUT2D eigenvalue weighted by Crippen LogP contribution is 2.16. The molecule has 0 radical (unpaired) electrons. The molecule has 98 valence electrons. The summed E-state index contributed by atoms with van der Waals surface area (Å²) >= 11 is 0. The first-order valence-corrected chi connectivity index (χ1v) is 6.43. The van der Waals surface area contributed by atoms with Gasteiger partial charge in [-0.05, 0) is 31.0 Å². The van der Waals surface area contributed by atoms with E-state index in [0.29, 0.717) is 17.4 Å². The molecule has 1 N–H and O–H groups in total. The summed E-state index contributed by atoms with van der Waals surface area (Å²) in [6.07, 6.45) is 3.89. The molecule has 1 aliphatic rings. The second-order valence-electron chi connectivity index (χ2n) is 4.83. The molecule has 2 aromatic rings. The quantitative estimate of drug-likeness (QED) is 0.846. The Morgan fingerprint density at radius 2 is 2.11 bits per heavy atom. The Kier molecular flexibility index (Phi) is 2.81. The highest BCUT2D eigenvalue weighted by atomic mass is 16.4. The van der Waals surface area contributed by atoms with Gasteiger partial charge < -0.3 is 5.11 Å². The number of nitrogens with zero attached hydrogens (tertiary/aromatic N) is 2. The molecule has 5 nitrogen and oxygen atoms in total. The molecule has 0 amide bonds. The topological polar surface area (TPSA) is 72.2 Å². The third kappa shape index (κ3) is 2.01. The largest absolute Gasteiger partial charge is 0.478 e. The first-order valence-electron chi connectivity index (χ1n) is 6.43. The van der Waals surface area contributed by atoms with E-state index in [2.05, 4.69) is 4.98 Å². The number of carboxylic acids is 1. The Labute approximate surface area is 109 Å². The van der Waals surface area contributed by atoms with Crippen molar-refractivity contribution in [1.29, 1.82) is 0 Å². The van der Waals surface area contributed by atoms with Crippen molar-refractivity contribution in [2.24, 2.45) is 0 Å². The van der Waals surface area contributed by atoms with E-state index >= 15 is 0 Å². The van der Waals surface area contributed by atoms with Gasteiger partial charge in [-0.15, -0.1) is 0 Å². The Hall–Kier alpha value is -2.17. The zero-order valence-electron chi connectivity index (χ0n) is 10.4. The predicted octanol–water partition coefficient (Wildman–Crippen LogP) is 1.82. The van der Waals surface area contributed by atoms with Crippen LogP contribution in [0.15, 0.2) is 23.0 Å². The molecule has 0 bridgehead atoms. The number of carboxylic acid groups (broad SMARTS) is 1. The molecule has 0 unspecified atom stereocenters. The van der Waals surface area contributed by atoms with Crippen LogP contribution in [0.3, 0.4) is 0 Å². The summed E-state index contributed by atoms with van der Waals surface area (Å²) in [6.45, 7) is 0.706. The first-order chi connectivity index (χ1) is 9.16. The molecule has 0 saturated carbocycles. The molecule has 1 aromatic heterocycles. The van der Waals surface area contributed by atoms with Gasteiger partial charge in [-0.1, -0.05) is 6.42 Å². The molecule has 1 aromatic carbocycles. The minimum absolute atomic E-state index is 0.0566. The highest BCUT2D eigenvalue weighted by molar-refractivity contribution is 5.92. The molecule has 1 aliphatic heterocycles. The van der Waals surface area contributed by atoms with Crippen molar-refractivity contribution in [2.45, 2.75) is 32.2 Å². The van der Waals surface area contributed by atoms with Crippen LogP contribution in [0.25, 0.3) is 10.9 Å². The molecule has 3 rings (SSSR count). The Balaban J connectivity index is 2.28. The summed E-state index contributed by atoms with van der Waals surface area (Å²) in [6, 6.07) is 4.49. The van der Waals surface area contributed by atoms with Crippen LogP contribution in [-0.2, 0) is 13.0 Å². The number of benzene rings is 1. The van der Waals surface area contributed by atoms with E-state index in [1.165, 1.54) is 12.1 Å². The zero-order valence-corrected chi connectivity index (χ0v) is 10.4. The minimum Gasteiger partial charge on any atom is -0.478 e. The summed E-state index contributed by atoms with van der Waals surface area (Å²) in [5, 5.41) is 9.48. The number of aromatic nitrogens is 2. The lowest BCUT2D eigenvalue weighted by Gasteiger charge is -2.10. The van der Waals surface area contributed by atoms with Gasteiger partial charge in [-0.3, -0.25) is 9.36 Å². The fourth-order valence-electron chi connectivity index (χ4n) is 2.55. The second kappa shape index (κ2) is 4.50. The number of hydrogen-bond acceptors (Lipinski definition) is 3. The van der Waals surface area contributed by atoms with Crippen LogP contribution in [0.1, 0.15) is 35.4 Å². The van der Waals surface area contributed by atoms with E-state index in [9.17, 15) is 9.59 Å². The maximum absolute atomic E-state index is 12.4. The lowest BCUT2D eigenvalue weighted by atomic mass is 10.1. The van der Waals surface area contributed by atoms with Gasteiger partial charge in [-0.2, -0.15) is 0 Å². The number of hydrogen-bond donors (Lipinski definition) is 1. The number of carbonyl (C=O) groups is 1. The SMILES string of the molecule is O=C(O)c1ccc2c(=O)n3c(nc2c1)CCCCC3. The predicted molar refractivity (Wildman–Crippen MR) is 70.5 cm³/mol. The molecule has 19 heavy (non-hydrogen) atoms. The van der Waals surface area contributed by atoms with Crippen LogP contribution in [0.4, 0.5) is 0 Å². The zero-order chi connectivity index (χ0) is 13.4. The Bertz CT molecular complexity index is 718. The standard InChI is InChI=1S/C14H14N2O3/c17-13-10-6-5-9(14(18)19)8-11(10)15-12-4-2-1-3-7-16(12)13/h5-6,8H,1-4,7H2,(H,18,19). The van der Waals surface area contributed by atoms with E-state index in [1.807, 2.05) is 0 Å². The molecule has 0 saturated heterocycles. The van der Waals surface area contributed by atoms with Gasteiger partial charge >= 0.3 is 5.97 Å². The van der Waals surface area contributed by atoms with Gasteiger partial charge in [0.15, 0.2) is 0 Å². The van der Waals surface area contributed by atoms with Crippen molar-refractivity contribution in [3.63, 3.8) is 0 Å². The van der Waals surface area contributed by atoms with Crippen LogP contribution >= 0.6 is 0 Å². The van der Waals surface area contributed by atoms with Gasteiger partial charge in [0.2, 0.25) is 0 Å². The van der Waals surface area contributed by atoms with Crippen LogP contribution < -0.4 is 5.56 Å². The summed E-state index contributed by atoms with van der Waals surface area (Å²) in [4.78, 5) is 27.8. The Morgan fingerprint density at radius 1 is 1.26 bits per heavy atom. The van der Waals surface area contributed by atoms with Gasteiger partial charge in [-0.25, -0.2) is 9.78 Å². The summed E-state index contributed by atoms with van der Waals surface area (Å²) in [7, 11) is 0. The maximum atomic E-state index is 12.4. The van der Waals surface area contributed by atoms with E-state index < -0.39 is 5.97 Å². The Morgan fingerprint density at radius 3 is 2.89 bits per heavy atom. The smallest absolute Gasteiger partial charge is 0.335 e. The molecule has 0 aliphatic carbocycles. The minimum atomic E-state index is -1.00.